The highest BCUT2D eigenvalue weighted by atomic mass is 19.1. The van der Waals surface area contributed by atoms with Crippen LogP contribution in [0.5, 0.6) is 0 Å². The van der Waals surface area contributed by atoms with Crippen LogP contribution >= 0.6 is 0 Å². The van der Waals surface area contributed by atoms with Crippen LogP contribution in [0.1, 0.15) is 44.1 Å². The third-order valence-electron chi connectivity index (χ3n) is 5.86. The third-order valence-corrected chi connectivity index (χ3v) is 5.86. The number of hydrogen-bond acceptors (Lipinski definition) is 4. The van der Waals surface area contributed by atoms with Crippen LogP contribution in [0.25, 0.3) is 0 Å². The molecule has 0 radical (unpaired) electrons. The lowest BCUT2D eigenvalue weighted by molar-refractivity contribution is -0.162. The van der Waals surface area contributed by atoms with Gasteiger partial charge in [-0.3, -0.25) is 9.59 Å². The van der Waals surface area contributed by atoms with Crippen molar-refractivity contribution in [3.63, 3.8) is 0 Å². The van der Waals surface area contributed by atoms with E-state index < -0.39 is 5.60 Å². The number of halogens is 1. The number of hydrogen-bond donors (Lipinski definition) is 0. The van der Waals surface area contributed by atoms with E-state index in [9.17, 15) is 14.0 Å². The Bertz CT molecular complexity index is 695. The van der Waals surface area contributed by atoms with Crippen molar-refractivity contribution in [1.82, 2.24) is 4.90 Å². The highest BCUT2D eigenvalue weighted by molar-refractivity contribution is 5.88. The molecule has 0 bridgehead atoms. The number of ether oxygens (including phenoxy) is 2. The normalized spacial score (nSPS) is 25.2. The molecular weight excluding hydrogens is 337 g/mol. The van der Waals surface area contributed by atoms with E-state index in [0.29, 0.717) is 19.7 Å². The lowest BCUT2D eigenvalue weighted by atomic mass is 9.75. The van der Waals surface area contributed by atoms with Gasteiger partial charge >= 0.3 is 5.97 Å². The predicted octanol–water partition coefficient (Wildman–Crippen LogP) is 2.82. The molecule has 26 heavy (non-hydrogen) atoms. The first-order valence-corrected chi connectivity index (χ1v) is 9.42. The van der Waals surface area contributed by atoms with Gasteiger partial charge < -0.3 is 14.4 Å². The van der Waals surface area contributed by atoms with Crippen molar-refractivity contribution in [3.05, 3.63) is 35.6 Å². The van der Waals surface area contributed by atoms with Gasteiger partial charge in [-0.2, -0.15) is 0 Å². The summed E-state index contributed by atoms with van der Waals surface area (Å²) in [7, 11) is 0. The average molecular weight is 361 g/mol. The lowest BCUT2D eigenvalue weighted by Gasteiger charge is -2.43. The van der Waals surface area contributed by atoms with E-state index in [4.69, 9.17) is 9.47 Å². The molecule has 4 rings (SSSR count). The van der Waals surface area contributed by atoms with Gasteiger partial charge in [0, 0.05) is 13.1 Å². The molecule has 2 aliphatic heterocycles. The van der Waals surface area contributed by atoms with E-state index in [-0.39, 0.29) is 36.1 Å². The van der Waals surface area contributed by atoms with Gasteiger partial charge in [0.2, 0.25) is 5.91 Å². The molecule has 1 aromatic carbocycles. The molecule has 1 aromatic rings. The first-order chi connectivity index (χ1) is 12.6. The van der Waals surface area contributed by atoms with E-state index in [1.54, 1.807) is 11.0 Å². The van der Waals surface area contributed by atoms with E-state index in [1.807, 2.05) is 6.07 Å². The van der Waals surface area contributed by atoms with Crippen LogP contribution in [0.15, 0.2) is 24.3 Å². The van der Waals surface area contributed by atoms with Gasteiger partial charge in [-0.15, -0.1) is 0 Å². The fraction of sp³-hybridized carbons (Fsp3) is 0.600. The summed E-state index contributed by atoms with van der Waals surface area (Å²) in [6.07, 6.45) is 4.91. The first kappa shape index (κ1) is 17.5. The van der Waals surface area contributed by atoms with E-state index in [0.717, 1.165) is 37.7 Å². The van der Waals surface area contributed by atoms with Gasteiger partial charge in [-0.1, -0.05) is 18.6 Å². The fourth-order valence-electron chi connectivity index (χ4n) is 4.39. The number of carbonyl (C=O) groups is 2. The number of carbonyl (C=O) groups excluding carboxylic acids is 2. The van der Waals surface area contributed by atoms with Gasteiger partial charge in [-0.05, 0) is 43.4 Å². The second-order valence-corrected chi connectivity index (χ2v) is 7.66. The predicted molar refractivity (Wildman–Crippen MR) is 91.6 cm³/mol. The molecule has 1 spiro atoms. The van der Waals surface area contributed by atoms with Gasteiger partial charge in [0.05, 0.1) is 25.0 Å². The van der Waals surface area contributed by atoms with Crippen LogP contribution in [-0.2, 0) is 25.7 Å². The van der Waals surface area contributed by atoms with Gasteiger partial charge in [0.25, 0.3) is 0 Å². The van der Waals surface area contributed by atoms with Gasteiger partial charge in [-0.25, -0.2) is 4.39 Å². The molecule has 1 saturated carbocycles. The Balaban J connectivity index is 1.30. The van der Waals surface area contributed by atoms with E-state index in [2.05, 4.69) is 0 Å². The van der Waals surface area contributed by atoms with Crippen LogP contribution in [0.4, 0.5) is 4.39 Å². The molecule has 1 unspecified atom stereocenters. The molecule has 3 aliphatic rings. The van der Waals surface area contributed by atoms with E-state index in [1.165, 1.54) is 12.1 Å². The molecule has 2 heterocycles. The molecule has 5 nitrogen and oxygen atoms in total. The molecule has 3 fully saturated rings. The number of rotatable bonds is 4. The quantitative estimate of drug-likeness (QED) is 0.774. The van der Waals surface area contributed by atoms with Crippen LogP contribution in [0.3, 0.4) is 0 Å². The summed E-state index contributed by atoms with van der Waals surface area (Å²) in [5.41, 5.74) is 0.214. The number of likely N-dealkylation sites (tertiary alicyclic amines) is 1. The largest absolute Gasteiger partial charge is 0.458 e. The zero-order valence-electron chi connectivity index (χ0n) is 14.8. The minimum atomic E-state index is -0.570. The summed E-state index contributed by atoms with van der Waals surface area (Å²) in [5.74, 6) is -0.854. The zero-order valence-corrected chi connectivity index (χ0v) is 14.8. The van der Waals surface area contributed by atoms with Crippen molar-refractivity contribution < 1.29 is 23.5 Å². The zero-order chi connectivity index (χ0) is 18.1. The van der Waals surface area contributed by atoms with Crippen molar-refractivity contribution in [2.75, 3.05) is 13.1 Å². The van der Waals surface area contributed by atoms with Crippen molar-refractivity contribution >= 4 is 11.9 Å². The molecule has 1 aliphatic carbocycles. The minimum absolute atomic E-state index is 0.0170. The van der Waals surface area contributed by atoms with Gasteiger partial charge in [0.1, 0.15) is 11.4 Å². The second kappa shape index (κ2) is 6.99. The van der Waals surface area contributed by atoms with Crippen LogP contribution in [0.2, 0.25) is 0 Å². The van der Waals surface area contributed by atoms with E-state index >= 15 is 0 Å². The highest BCUT2D eigenvalue weighted by Crippen LogP contribution is 2.45. The number of esters is 1. The molecule has 0 N–H and O–H groups in total. The summed E-state index contributed by atoms with van der Waals surface area (Å²) >= 11 is 0. The van der Waals surface area contributed by atoms with Crippen LogP contribution in [0, 0.1) is 11.7 Å². The molecule has 2 saturated heterocycles. The molecular formula is C20H24FNO4. The van der Waals surface area contributed by atoms with Gasteiger partial charge in [0.15, 0.2) is 0 Å². The molecule has 1 amide bonds. The fourth-order valence-corrected chi connectivity index (χ4v) is 4.39. The summed E-state index contributed by atoms with van der Waals surface area (Å²) < 4.78 is 24.6. The van der Waals surface area contributed by atoms with Crippen LogP contribution in [-0.4, -0.2) is 41.6 Å². The van der Waals surface area contributed by atoms with Crippen molar-refractivity contribution in [3.8, 4) is 0 Å². The van der Waals surface area contributed by atoms with Crippen molar-refractivity contribution in [2.45, 2.75) is 56.8 Å². The maximum absolute atomic E-state index is 13.2. The smallest absolute Gasteiger partial charge is 0.307 e. The Morgan fingerprint density at radius 1 is 1.27 bits per heavy atom. The number of nitrogens with zero attached hydrogens (tertiary/aromatic N) is 1. The SMILES string of the molecule is O=C1CC(C(=O)N2CC(OCc3cccc(F)c3)C2)C2(CCCCC2)O1. The summed E-state index contributed by atoms with van der Waals surface area (Å²) in [6, 6.07) is 6.33. The standard InChI is InChI=1S/C20H24FNO4/c21-15-6-4-5-14(9-15)13-25-16-11-22(12-16)19(24)17-10-18(23)26-20(17)7-2-1-3-8-20/h4-6,9,16-17H,1-3,7-8,10-13H2. The van der Waals surface area contributed by atoms with Crippen molar-refractivity contribution in [2.24, 2.45) is 5.92 Å². The Labute approximate surface area is 152 Å². The number of amides is 1. The summed E-state index contributed by atoms with van der Waals surface area (Å²) in [4.78, 5) is 26.5. The molecule has 0 aromatic heterocycles. The Morgan fingerprint density at radius 2 is 2.04 bits per heavy atom. The van der Waals surface area contributed by atoms with Crippen molar-refractivity contribution in [1.29, 1.82) is 0 Å². The Hall–Kier alpha value is -1.95. The topological polar surface area (TPSA) is 55.8 Å². The molecule has 1 atom stereocenters. The molecule has 140 valence electrons. The minimum Gasteiger partial charge on any atom is -0.458 e. The number of benzene rings is 1. The molecule has 6 heteroatoms. The third kappa shape index (κ3) is 3.34. The Morgan fingerprint density at radius 3 is 2.77 bits per heavy atom. The first-order valence-electron chi connectivity index (χ1n) is 9.42. The monoisotopic (exact) mass is 361 g/mol. The lowest BCUT2D eigenvalue weighted by Crippen LogP contribution is -2.58. The maximum atomic E-state index is 13.2. The maximum Gasteiger partial charge on any atom is 0.307 e. The second-order valence-electron chi connectivity index (χ2n) is 7.66. The Kier molecular flexibility index (Phi) is 4.69. The summed E-state index contributed by atoms with van der Waals surface area (Å²) in [5, 5.41) is 0. The van der Waals surface area contributed by atoms with Crippen LogP contribution < -0.4 is 0 Å². The highest BCUT2D eigenvalue weighted by Gasteiger charge is 2.54. The average Bonchev–Trinajstić information content (AvgIpc) is 2.89. The summed E-state index contributed by atoms with van der Waals surface area (Å²) in [6.45, 7) is 1.38.